The molecule has 0 aromatic heterocycles. The third kappa shape index (κ3) is 6.99. The van der Waals surface area contributed by atoms with Crippen LogP contribution in [0.25, 0.3) is 0 Å². The Hall–Kier alpha value is 0.990. The monoisotopic (exact) mass is 129 g/mol. The molecule has 0 amide bonds. The highest BCUT2D eigenvalue weighted by atomic mass is 31.2. The van der Waals surface area contributed by atoms with Crippen molar-refractivity contribution < 1.29 is 0 Å². The Morgan fingerprint density at radius 2 is 2.43 bits per heavy atom. The van der Waals surface area contributed by atoms with Gasteiger partial charge in [-0.3, -0.25) is 0 Å². The van der Waals surface area contributed by atoms with Gasteiger partial charge in [0.1, 0.15) is 14.6 Å². The van der Waals surface area contributed by atoms with E-state index in [1.165, 1.54) is 5.90 Å². The molecule has 0 aliphatic heterocycles. The van der Waals surface area contributed by atoms with Gasteiger partial charge in [-0.25, -0.2) is 0 Å². The third-order valence-corrected chi connectivity index (χ3v) is 3.68. The van der Waals surface area contributed by atoms with Crippen LogP contribution in [0.5, 0.6) is 0 Å². The van der Waals surface area contributed by atoms with Crippen LogP contribution in [0.3, 0.4) is 0 Å². The van der Waals surface area contributed by atoms with E-state index in [9.17, 15) is 0 Å². The fraction of sp³-hybridized carbons (Fsp3) is 1.00. The molecule has 0 nitrogen and oxygen atoms in total. The van der Waals surface area contributed by atoms with Crippen LogP contribution in [0.1, 0.15) is 0 Å². The van der Waals surface area contributed by atoms with Crippen LogP contribution in [0.15, 0.2) is 0 Å². The van der Waals surface area contributed by atoms with E-state index in [0.717, 1.165) is 8.46 Å². The average Bonchev–Trinajstić information content (AvgIpc) is 1.61. The van der Waals surface area contributed by atoms with Crippen LogP contribution >= 0.6 is 16.3 Å². The second kappa shape index (κ2) is 5.13. The molecule has 0 saturated heterocycles. The molecule has 37 valence electrons. The van der Waals surface area contributed by atoms with Gasteiger partial charge in [0, 0.05) is 0 Å². The van der Waals surface area contributed by atoms with Gasteiger partial charge in [0.05, 0.1) is 0 Å². The predicted molar refractivity (Wildman–Crippen MR) is 43.4 cm³/mol. The summed E-state index contributed by atoms with van der Waals surface area (Å²) in [5, 5.41) is 0. The van der Waals surface area contributed by atoms with Gasteiger partial charge in [-0.05, 0) is 5.90 Å². The summed E-state index contributed by atoms with van der Waals surface area (Å²) >= 11 is 0. The summed E-state index contributed by atoms with van der Waals surface area (Å²) in [7, 11) is 6.38. The standard InChI is InChI=1S/C3H9B2P2/c1-5-6-3-7(2)4/h6H,3H2,1-2H3. The van der Waals surface area contributed by atoms with Crippen LogP contribution in [0.2, 0.25) is 6.82 Å². The van der Waals surface area contributed by atoms with Gasteiger partial charge in [-0.15, -0.1) is 0 Å². The van der Waals surface area contributed by atoms with Crippen molar-refractivity contribution in [3.8, 4) is 0 Å². The van der Waals surface area contributed by atoms with Crippen molar-refractivity contribution in [2.75, 3.05) is 12.6 Å². The smallest absolute Gasteiger partial charge is 0.139 e. The first-order chi connectivity index (χ1) is 3.27. The first kappa shape index (κ1) is 7.99. The van der Waals surface area contributed by atoms with Gasteiger partial charge < -0.3 is 0 Å². The molecule has 0 heterocycles. The summed E-state index contributed by atoms with van der Waals surface area (Å²) in [6, 6.07) is 0. The summed E-state index contributed by atoms with van der Waals surface area (Å²) in [5.74, 6) is 1.21. The molecule has 2 atom stereocenters. The van der Waals surface area contributed by atoms with Gasteiger partial charge in [0.25, 0.3) is 0 Å². The van der Waals surface area contributed by atoms with E-state index >= 15 is 0 Å². The summed E-state index contributed by atoms with van der Waals surface area (Å²) in [6.07, 6.45) is 0. The Bertz CT molecular complexity index is 39.9. The summed E-state index contributed by atoms with van der Waals surface area (Å²) in [5.41, 5.74) is 0. The highest BCUT2D eigenvalue weighted by molar-refractivity contribution is 7.91. The largest absolute Gasteiger partial charge is 0.160 e. The highest BCUT2D eigenvalue weighted by Crippen LogP contribution is 2.31. The maximum absolute atomic E-state index is 5.53. The van der Waals surface area contributed by atoms with Crippen molar-refractivity contribution in [1.82, 2.24) is 0 Å². The molecular weight excluding hydrogens is 120 g/mol. The molecule has 4 heteroatoms. The average molecular weight is 129 g/mol. The fourth-order valence-corrected chi connectivity index (χ4v) is 2.12. The van der Waals surface area contributed by atoms with Crippen molar-refractivity contribution in [1.29, 1.82) is 0 Å². The highest BCUT2D eigenvalue weighted by Gasteiger charge is 1.87. The maximum atomic E-state index is 5.53. The zero-order valence-electron chi connectivity index (χ0n) is 4.81. The van der Waals surface area contributed by atoms with Crippen molar-refractivity contribution in [2.45, 2.75) is 6.82 Å². The molecule has 0 bridgehead atoms. The van der Waals surface area contributed by atoms with Crippen molar-refractivity contribution in [2.24, 2.45) is 0 Å². The van der Waals surface area contributed by atoms with E-state index in [4.69, 9.17) is 7.57 Å². The normalized spacial score (nSPS) is 15.1. The number of hydrogen-bond acceptors (Lipinski definition) is 0. The molecule has 0 aliphatic rings. The van der Waals surface area contributed by atoms with Crippen LogP contribution in [0.4, 0.5) is 0 Å². The molecule has 0 fully saturated rings. The SMILES string of the molecule is [B]P(C)CP[B]C. The summed E-state index contributed by atoms with van der Waals surface area (Å²) in [4.78, 5) is 0. The summed E-state index contributed by atoms with van der Waals surface area (Å²) < 4.78 is 0. The second-order valence-electron chi connectivity index (χ2n) is 1.41. The number of hydrogen-bond donors (Lipinski definition) is 0. The minimum atomic E-state index is -0.125. The third-order valence-electron chi connectivity index (χ3n) is 0.545. The van der Waals surface area contributed by atoms with E-state index in [-0.39, 0.29) is 7.80 Å². The molecule has 0 spiro atoms. The van der Waals surface area contributed by atoms with Gasteiger partial charge in [-0.2, -0.15) is 16.3 Å². The molecule has 0 aliphatic carbocycles. The van der Waals surface area contributed by atoms with Crippen LogP contribution in [-0.2, 0) is 0 Å². The Labute approximate surface area is 50.9 Å². The van der Waals surface area contributed by atoms with Crippen LogP contribution in [-0.4, -0.2) is 27.1 Å². The molecule has 2 unspecified atom stereocenters. The second-order valence-corrected chi connectivity index (χ2v) is 5.17. The minimum absolute atomic E-state index is 0.125. The van der Waals surface area contributed by atoms with Gasteiger partial charge in [-0.1, -0.05) is 13.5 Å². The summed E-state index contributed by atoms with van der Waals surface area (Å²) in [6.45, 7) is 6.37. The number of rotatable bonds is 3. The molecular formula is C3H9B2P2. The predicted octanol–water partition coefficient (Wildman–Crippen LogP) is 1.48. The molecule has 7 heavy (non-hydrogen) atoms. The van der Waals surface area contributed by atoms with Gasteiger partial charge in [0.2, 0.25) is 0 Å². The minimum Gasteiger partial charge on any atom is -0.160 e. The van der Waals surface area contributed by atoms with Crippen LogP contribution < -0.4 is 0 Å². The van der Waals surface area contributed by atoms with Crippen molar-refractivity contribution >= 4 is 30.8 Å². The zero-order valence-corrected chi connectivity index (χ0v) is 6.70. The Morgan fingerprint density at radius 1 is 1.86 bits per heavy atom. The molecule has 0 aromatic carbocycles. The van der Waals surface area contributed by atoms with E-state index in [1.807, 2.05) is 0 Å². The van der Waals surface area contributed by atoms with E-state index in [0.29, 0.717) is 0 Å². The van der Waals surface area contributed by atoms with Crippen molar-refractivity contribution in [3.63, 3.8) is 0 Å². The molecule has 0 saturated carbocycles. The van der Waals surface area contributed by atoms with E-state index < -0.39 is 0 Å². The lowest BCUT2D eigenvalue weighted by Gasteiger charge is -2.00. The first-order valence-electron chi connectivity index (χ1n) is 2.24. The first-order valence-corrected chi connectivity index (χ1v) is 5.57. The van der Waals surface area contributed by atoms with E-state index in [1.54, 1.807) is 0 Å². The Kier molecular flexibility index (Phi) is 5.86. The molecule has 3 radical (unpaired) electrons. The van der Waals surface area contributed by atoms with Crippen LogP contribution in [0, 0.1) is 0 Å². The van der Waals surface area contributed by atoms with E-state index in [2.05, 4.69) is 20.5 Å². The molecule has 0 rings (SSSR count). The Balaban J connectivity index is 2.68. The maximum Gasteiger partial charge on any atom is 0.139 e. The lowest BCUT2D eigenvalue weighted by molar-refractivity contribution is 2.16. The zero-order chi connectivity index (χ0) is 5.70. The van der Waals surface area contributed by atoms with Gasteiger partial charge in [0.15, 0.2) is 0 Å². The molecule has 0 N–H and O–H groups in total. The quantitative estimate of drug-likeness (QED) is 0.399. The fourth-order valence-electron chi connectivity index (χ4n) is 0.235. The lowest BCUT2D eigenvalue weighted by Crippen LogP contribution is -1.74. The topological polar surface area (TPSA) is 0 Å². The lowest BCUT2D eigenvalue weighted by atomic mass is 10.2. The van der Waals surface area contributed by atoms with Crippen molar-refractivity contribution in [3.05, 3.63) is 0 Å². The molecule has 0 aromatic rings. The Morgan fingerprint density at radius 3 is 2.57 bits per heavy atom. The van der Waals surface area contributed by atoms with Gasteiger partial charge >= 0.3 is 0 Å².